The first-order valence-electron chi connectivity index (χ1n) is 4.80. The molecule has 0 radical (unpaired) electrons. The maximum atomic E-state index is 11.3. The van der Waals surface area contributed by atoms with E-state index < -0.39 is 24.5 Å². The molecule has 0 spiro atoms. The maximum Gasteiger partial charge on any atom is 0.337 e. The van der Waals surface area contributed by atoms with Crippen molar-refractivity contribution in [3.8, 4) is 0 Å². The number of aliphatic hydroxyl groups is 1. The largest absolute Gasteiger partial charge is 0.478 e. The lowest BCUT2D eigenvalue weighted by Gasteiger charge is -2.15. The molecule has 0 atom stereocenters. The number of amides is 1. The minimum atomic E-state index is -1.29. The van der Waals surface area contributed by atoms with E-state index >= 15 is 0 Å². The molecule has 10 heteroatoms. The molecule has 1 rings (SSSR count). The highest BCUT2D eigenvalue weighted by Gasteiger charge is 2.28. The van der Waals surface area contributed by atoms with E-state index in [1.54, 1.807) is 67.8 Å². The first-order valence-corrected chi connectivity index (χ1v) is 8.03. The molecule has 4 N–H and O–H groups in total. The number of nitrogens with one attached hydrogen (secondary N) is 1. The molecule has 0 unspecified atom stereocenters. The van der Waals surface area contributed by atoms with Crippen molar-refractivity contribution in [3.63, 3.8) is 0 Å². The third-order valence-electron chi connectivity index (χ3n) is 2.15. The Bertz CT molecular complexity index is 574. The molecule has 0 aromatic heterocycles. The number of halogens is 3. The van der Waals surface area contributed by atoms with E-state index in [9.17, 15) is 24.6 Å². The number of carbonyl (C=O) groups excluding carboxylic acids is 1. The second-order valence-electron chi connectivity index (χ2n) is 3.38. The molecule has 0 saturated heterocycles. The monoisotopic (exact) mass is 617 g/mol. The summed E-state index contributed by atoms with van der Waals surface area (Å²) in [6.07, 6.45) is 0. The van der Waals surface area contributed by atoms with Gasteiger partial charge >= 0.3 is 11.9 Å². The van der Waals surface area contributed by atoms with E-state index in [4.69, 9.17) is 5.11 Å². The molecule has 0 saturated carbocycles. The van der Waals surface area contributed by atoms with Crippen LogP contribution in [0.2, 0.25) is 0 Å². The molecule has 0 fully saturated rings. The van der Waals surface area contributed by atoms with Crippen LogP contribution in [0.5, 0.6) is 0 Å². The third kappa shape index (κ3) is 3.51. The summed E-state index contributed by atoms with van der Waals surface area (Å²) in [5.41, 5.74) is -0.324. The number of aromatic carboxylic acids is 2. The fraction of sp³-hybridized carbons (Fsp3) is 0.100. The second-order valence-corrected chi connectivity index (χ2v) is 6.62. The zero-order valence-electron chi connectivity index (χ0n) is 9.41. The van der Waals surface area contributed by atoms with Crippen molar-refractivity contribution >= 4 is 91.3 Å². The Kier molecular flexibility index (Phi) is 6.39. The number of rotatable bonds is 4. The van der Waals surface area contributed by atoms with Crippen molar-refractivity contribution in [2.75, 3.05) is 11.9 Å². The van der Waals surface area contributed by atoms with Gasteiger partial charge in [0.25, 0.3) is 0 Å². The van der Waals surface area contributed by atoms with Crippen molar-refractivity contribution < 1.29 is 29.7 Å². The number of aliphatic hydroxyl groups excluding tert-OH is 1. The Morgan fingerprint density at radius 1 is 0.900 bits per heavy atom. The number of anilines is 1. The Hall–Kier alpha value is -0.220. The van der Waals surface area contributed by atoms with E-state index in [1.165, 1.54) is 0 Å². The van der Waals surface area contributed by atoms with Crippen LogP contribution in [-0.4, -0.2) is 39.8 Å². The van der Waals surface area contributed by atoms with Gasteiger partial charge in [0.05, 0.1) is 24.0 Å². The summed E-state index contributed by atoms with van der Waals surface area (Å²) in [5, 5.41) is 29.4. The topological polar surface area (TPSA) is 124 Å². The maximum absolute atomic E-state index is 11.3. The van der Waals surface area contributed by atoms with E-state index in [0.29, 0.717) is 0 Å². The lowest BCUT2D eigenvalue weighted by Crippen LogP contribution is -2.21. The van der Waals surface area contributed by atoms with Crippen LogP contribution in [0.25, 0.3) is 0 Å². The van der Waals surface area contributed by atoms with Crippen molar-refractivity contribution in [1.29, 1.82) is 0 Å². The van der Waals surface area contributed by atoms with Gasteiger partial charge in [-0.15, -0.1) is 0 Å². The summed E-state index contributed by atoms with van der Waals surface area (Å²) < 4.78 is 0.491. The van der Waals surface area contributed by atoms with Gasteiger partial charge in [-0.1, -0.05) is 0 Å². The minimum Gasteiger partial charge on any atom is -0.478 e. The van der Waals surface area contributed by atoms with E-state index in [-0.39, 0.29) is 27.5 Å². The molecule has 108 valence electrons. The smallest absolute Gasteiger partial charge is 0.337 e. The molecule has 0 bridgehead atoms. The second kappa shape index (κ2) is 7.17. The van der Waals surface area contributed by atoms with Crippen LogP contribution in [0.1, 0.15) is 20.7 Å². The molecular weight excluding hydrogens is 611 g/mol. The Morgan fingerprint density at radius 2 is 1.30 bits per heavy atom. The number of carboxylic acids is 2. The van der Waals surface area contributed by atoms with Crippen molar-refractivity contribution in [2.45, 2.75) is 0 Å². The predicted octanol–water partition coefficient (Wildman–Crippen LogP) is 1.83. The van der Waals surface area contributed by atoms with Gasteiger partial charge in [0.15, 0.2) is 0 Å². The van der Waals surface area contributed by atoms with Gasteiger partial charge in [-0.3, -0.25) is 4.79 Å². The summed E-state index contributed by atoms with van der Waals surface area (Å²) in [6.45, 7) is -0.789. The fourth-order valence-electron chi connectivity index (χ4n) is 1.33. The van der Waals surface area contributed by atoms with E-state index in [1.807, 2.05) is 0 Å². The average Bonchev–Trinajstić information content (AvgIpc) is 2.33. The normalized spacial score (nSPS) is 10.2. The number of hydrogen-bond donors (Lipinski definition) is 4. The zero-order chi connectivity index (χ0) is 15.6. The first kappa shape index (κ1) is 17.8. The van der Waals surface area contributed by atoms with Crippen molar-refractivity contribution in [3.05, 3.63) is 21.8 Å². The van der Waals surface area contributed by atoms with Crippen LogP contribution in [-0.2, 0) is 4.79 Å². The van der Waals surface area contributed by atoms with Gasteiger partial charge in [-0.05, 0) is 67.8 Å². The standard InChI is InChI=1S/C10H6I3NO6/c11-5-3(9(17)18)6(12)8(14-2(16)1-15)7(13)4(5)10(19)20/h15H,1H2,(H,14,16)(H,17,18)(H,19,20). The van der Waals surface area contributed by atoms with Crippen LogP contribution in [0.3, 0.4) is 0 Å². The van der Waals surface area contributed by atoms with Crippen LogP contribution in [0.4, 0.5) is 5.69 Å². The Balaban J connectivity index is 3.71. The first-order chi connectivity index (χ1) is 9.22. The fourth-order valence-corrected chi connectivity index (χ4v) is 5.69. The summed E-state index contributed by atoms with van der Waals surface area (Å²) in [5.74, 6) is -3.34. The Labute approximate surface area is 153 Å². The number of hydrogen-bond acceptors (Lipinski definition) is 4. The van der Waals surface area contributed by atoms with Crippen molar-refractivity contribution in [1.82, 2.24) is 0 Å². The van der Waals surface area contributed by atoms with E-state index in [2.05, 4.69) is 5.32 Å². The minimum absolute atomic E-state index is 0.0699. The highest BCUT2D eigenvalue weighted by molar-refractivity contribution is 14.1. The van der Waals surface area contributed by atoms with Crippen LogP contribution in [0, 0.1) is 10.7 Å². The average molecular weight is 617 g/mol. The van der Waals surface area contributed by atoms with Gasteiger partial charge in [0.1, 0.15) is 6.61 Å². The molecule has 0 aliphatic heterocycles. The Morgan fingerprint density at radius 3 is 1.60 bits per heavy atom. The van der Waals surface area contributed by atoms with E-state index in [0.717, 1.165) is 0 Å². The van der Waals surface area contributed by atoms with Crippen LogP contribution >= 0.6 is 67.8 Å². The third-order valence-corrected chi connectivity index (χ3v) is 5.39. The molecule has 0 heterocycles. The quantitative estimate of drug-likeness (QED) is 0.383. The number of carboxylic acid groups (broad SMARTS) is 2. The molecule has 7 nitrogen and oxygen atoms in total. The molecule has 1 aromatic carbocycles. The summed E-state index contributed by atoms with van der Waals surface area (Å²) >= 11 is 5.08. The van der Waals surface area contributed by atoms with Gasteiger partial charge in [0, 0.05) is 3.57 Å². The summed E-state index contributed by atoms with van der Waals surface area (Å²) in [4.78, 5) is 33.8. The SMILES string of the molecule is O=C(CO)Nc1c(I)c(C(=O)O)c(I)c(C(=O)O)c1I. The number of benzene rings is 1. The van der Waals surface area contributed by atoms with Crippen LogP contribution < -0.4 is 5.32 Å². The lowest BCUT2D eigenvalue weighted by atomic mass is 10.1. The molecule has 20 heavy (non-hydrogen) atoms. The summed E-state index contributed by atoms with van der Waals surface area (Å²) in [6, 6.07) is 0. The predicted molar refractivity (Wildman–Crippen MR) is 94.2 cm³/mol. The van der Waals surface area contributed by atoms with Gasteiger partial charge in [0.2, 0.25) is 5.91 Å². The van der Waals surface area contributed by atoms with Crippen LogP contribution in [0.15, 0.2) is 0 Å². The van der Waals surface area contributed by atoms with Gasteiger partial charge < -0.3 is 20.6 Å². The zero-order valence-corrected chi connectivity index (χ0v) is 15.9. The lowest BCUT2D eigenvalue weighted by molar-refractivity contribution is -0.118. The number of carbonyl (C=O) groups is 3. The molecule has 0 aliphatic rings. The molecular formula is C10H6I3NO6. The summed E-state index contributed by atoms with van der Waals surface area (Å²) in [7, 11) is 0. The molecule has 1 amide bonds. The van der Waals surface area contributed by atoms with Gasteiger partial charge in [-0.2, -0.15) is 0 Å². The highest BCUT2D eigenvalue weighted by Crippen LogP contribution is 2.35. The molecule has 1 aromatic rings. The molecule has 0 aliphatic carbocycles. The van der Waals surface area contributed by atoms with Gasteiger partial charge in [-0.25, -0.2) is 9.59 Å². The highest BCUT2D eigenvalue weighted by atomic mass is 127. The van der Waals surface area contributed by atoms with Crippen molar-refractivity contribution in [2.24, 2.45) is 0 Å².